The van der Waals surface area contributed by atoms with Crippen LogP contribution in [-0.2, 0) is 16.1 Å². The second-order valence-electron chi connectivity index (χ2n) is 4.62. The fraction of sp³-hybridized carbons (Fsp3) is 0.214. The van der Waals surface area contributed by atoms with Crippen molar-refractivity contribution >= 4 is 45.6 Å². The van der Waals surface area contributed by atoms with Gasteiger partial charge in [0.05, 0.1) is 18.8 Å². The van der Waals surface area contributed by atoms with Gasteiger partial charge in [-0.25, -0.2) is 9.78 Å². The number of rotatable bonds is 5. The van der Waals surface area contributed by atoms with Gasteiger partial charge in [0.25, 0.3) is 0 Å². The minimum atomic E-state index is -5.08. The average Bonchev–Trinajstić information content (AvgIpc) is 2.97. The zero-order chi connectivity index (χ0) is 19.7. The van der Waals surface area contributed by atoms with Crippen LogP contribution in [-0.4, -0.2) is 34.7 Å². The van der Waals surface area contributed by atoms with Crippen LogP contribution in [0.25, 0.3) is 0 Å². The number of nitrogens with zero attached hydrogens (tertiary/aromatic N) is 1. The van der Waals surface area contributed by atoms with Crippen LogP contribution in [0.2, 0.25) is 5.02 Å². The highest BCUT2D eigenvalue weighted by atomic mass is 35.5. The van der Waals surface area contributed by atoms with E-state index in [4.69, 9.17) is 27.2 Å². The molecule has 2 rings (SSSR count). The van der Waals surface area contributed by atoms with E-state index in [1.807, 2.05) is 17.5 Å². The Morgan fingerprint density at radius 3 is 2.31 bits per heavy atom. The van der Waals surface area contributed by atoms with Crippen LogP contribution in [0.1, 0.15) is 5.69 Å². The number of aliphatic carboxylic acids is 1. The highest BCUT2D eigenvalue weighted by Crippen LogP contribution is 2.14. The van der Waals surface area contributed by atoms with E-state index in [0.29, 0.717) is 16.7 Å². The molecule has 2 aromatic rings. The summed E-state index contributed by atoms with van der Waals surface area (Å²) in [5, 5.41) is 15.9. The maximum Gasteiger partial charge on any atom is 0.490 e. The molecule has 5 N–H and O–H groups in total. The monoisotopic (exact) mass is 410 g/mol. The molecule has 1 heterocycles. The minimum Gasteiger partial charge on any atom is -0.475 e. The smallest absolute Gasteiger partial charge is 0.475 e. The second-order valence-corrected chi connectivity index (χ2v) is 5.94. The zero-order valence-electron chi connectivity index (χ0n) is 13.0. The number of hydrogen-bond donors (Lipinski definition) is 4. The number of carbonyl (C=O) groups excluding carboxylic acids is 1. The number of amides is 1. The highest BCUT2D eigenvalue weighted by molar-refractivity contribution is 7.13. The summed E-state index contributed by atoms with van der Waals surface area (Å²) in [6, 6.07) is 7.16. The Hall–Kier alpha value is -2.53. The average molecular weight is 411 g/mol. The van der Waals surface area contributed by atoms with Gasteiger partial charge in [0.1, 0.15) is 0 Å². The van der Waals surface area contributed by atoms with Crippen LogP contribution in [0.15, 0.2) is 29.6 Å². The molecule has 0 aliphatic heterocycles. The number of aromatic nitrogens is 1. The van der Waals surface area contributed by atoms with E-state index in [9.17, 15) is 18.0 Å². The molecule has 0 radical (unpaired) electrons. The molecule has 26 heavy (non-hydrogen) atoms. The number of hydrogen-bond acceptors (Lipinski definition) is 6. The standard InChI is InChI=1S/C12H13ClN4OS.C2HF3O2/c13-8-1-3-9(4-2-8)15-6-11(18)16-5-10-7-19-12(14)17-10;3-2(4,5)1(6)7/h1-4,7,15H,5-6H2,(H2,14,17)(H,16,18);(H,6,7). The maximum atomic E-state index is 11.6. The fourth-order valence-electron chi connectivity index (χ4n) is 1.41. The van der Waals surface area contributed by atoms with E-state index in [0.717, 1.165) is 11.4 Å². The van der Waals surface area contributed by atoms with Gasteiger partial charge in [-0.3, -0.25) is 4.79 Å². The quantitative estimate of drug-likeness (QED) is 0.602. The normalized spacial score (nSPS) is 10.5. The third-order valence-corrected chi connectivity index (χ3v) is 3.55. The molecule has 0 aliphatic rings. The first-order valence-electron chi connectivity index (χ1n) is 6.84. The van der Waals surface area contributed by atoms with Gasteiger partial charge in [-0.2, -0.15) is 13.2 Å². The van der Waals surface area contributed by atoms with Crippen LogP contribution in [0.5, 0.6) is 0 Å². The summed E-state index contributed by atoms with van der Waals surface area (Å²) in [6.07, 6.45) is -5.08. The van der Waals surface area contributed by atoms with Gasteiger partial charge in [0.2, 0.25) is 5.91 Å². The first-order chi connectivity index (χ1) is 12.1. The van der Waals surface area contributed by atoms with E-state index in [2.05, 4.69) is 15.6 Å². The van der Waals surface area contributed by atoms with Crippen LogP contribution in [0.4, 0.5) is 24.0 Å². The predicted octanol–water partition coefficient (Wildman–Crippen LogP) is 2.74. The molecule has 1 amide bonds. The van der Waals surface area contributed by atoms with Crippen molar-refractivity contribution < 1.29 is 27.9 Å². The first kappa shape index (κ1) is 21.5. The molecule has 0 atom stereocenters. The number of anilines is 2. The van der Waals surface area contributed by atoms with Gasteiger partial charge in [0, 0.05) is 16.1 Å². The van der Waals surface area contributed by atoms with Crippen LogP contribution in [0.3, 0.4) is 0 Å². The maximum absolute atomic E-state index is 11.6. The summed E-state index contributed by atoms with van der Waals surface area (Å²) in [5.41, 5.74) is 7.11. The molecule has 0 unspecified atom stereocenters. The summed E-state index contributed by atoms with van der Waals surface area (Å²) < 4.78 is 31.7. The lowest BCUT2D eigenvalue weighted by Crippen LogP contribution is -2.29. The first-order valence-corrected chi connectivity index (χ1v) is 8.10. The zero-order valence-corrected chi connectivity index (χ0v) is 14.6. The molecule has 1 aromatic carbocycles. The Morgan fingerprint density at radius 1 is 1.27 bits per heavy atom. The molecule has 0 saturated carbocycles. The van der Waals surface area contributed by atoms with E-state index in [1.54, 1.807) is 12.1 Å². The van der Waals surface area contributed by atoms with Gasteiger partial charge < -0.3 is 21.5 Å². The predicted molar refractivity (Wildman–Crippen MR) is 92.0 cm³/mol. The summed E-state index contributed by atoms with van der Waals surface area (Å²) >= 11 is 7.13. The van der Waals surface area contributed by atoms with Gasteiger partial charge in [0.15, 0.2) is 5.13 Å². The summed E-state index contributed by atoms with van der Waals surface area (Å²) in [6.45, 7) is 0.579. The Labute approximate surface area is 155 Å². The van der Waals surface area contributed by atoms with Crippen molar-refractivity contribution in [1.82, 2.24) is 10.3 Å². The van der Waals surface area contributed by atoms with Gasteiger partial charge >= 0.3 is 12.1 Å². The topological polar surface area (TPSA) is 117 Å². The number of benzene rings is 1. The molecule has 7 nitrogen and oxygen atoms in total. The van der Waals surface area contributed by atoms with Crippen LogP contribution in [0, 0.1) is 0 Å². The van der Waals surface area contributed by atoms with E-state index < -0.39 is 12.1 Å². The molecule has 0 bridgehead atoms. The van der Waals surface area contributed by atoms with Gasteiger partial charge in [-0.1, -0.05) is 11.6 Å². The Bertz CT molecular complexity index is 738. The third kappa shape index (κ3) is 8.53. The number of thiazole rings is 1. The van der Waals surface area contributed by atoms with Gasteiger partial charge in [-0.15, -0.1) is 11.3 Å². The summed E-state index contributed by atoms with van der Waals surface area (Å²) in [5.74, 6) is -2.87. The lowest BCUT2D eigenvalue weighted by molar-refractivity contribution is -0.192. The Balaban J connectivity index is 0.000000412. The van der Waals surface area contributed by atoms with Crippen molar-refractivity contribution in [1.29, 1.82) is 0 Å². The highest BCUT2D eigenvalue weighted by Gasteiger charge is 2.38. The lowest BCUT2D eigenvalue weighted by atomic mass is 10.3. The number of carbonyl (C=O) groups is 2. The number of halogens is 4. The van der Waals surface area contributed by atoms with Crippen LogP contribution >= 0.6 is 22.9 Å². The largest absolute Gasteiger partial charge is 0.490 e. The SMILES string of the molecule is Nc1nc(CNC(=O)CNc2ccc(Cl)cc2)cs1.O=C(O)C(F)(F)F. The lowest BCUT2D eigenvalue weighted by Gasteiger charge is -2.06. The minimum absolute atomic E-state index is 0.110. The number of nitrogens with one attached hydrogen (secondary N) is 2. The van der Waals surface area contributed by atoms with Crippen molar-refractivity contribution in [3.63, 3.8) is 0 Å². The van der Waals surface area contributed by atoms with Crippen molar-refractivity contribution in [3.8, 4) is 0 Å². The van der Waals surface area contributed by atoms with Crippen molar-refractivity contribution in [3.05, 3.63) is 40.4 Å². The molecule has 12 heteroatoms. The van der Waals surface area contributed by atoms with E-state index >= 15 is 0 Å². The number of alkyl halides is 3. The molecular formula is C14H14ClF3N4O3S. The molecule has 142 valence electrons. The van der Waals surface area contributed by atoms with Crippen molar-refractivity contribution in [2.45, 2.75) is 12.7 Å². The van der Waals surface area contributed by atoms with Gasteiger partial charge in [-0.05, 0) is 24.3 Å². The third-order valence-electron chi connectivity index (χ3n) is 2.58. The summed E-state index contributed by atoms with van der Waals surface area (Å²) in [4.78, 5) is 24.6. The molecule has 0 saturated heterocycles. The molecule has 1 aromatic heterocycles. The number of nitrogens with two attached hydrogens (primary N) is 1. The Kier molecular flexibility index (Phi) is 8.13. The number of carboxylic acid groups (broad SMARTS) is 1. The number of nitrogen functional groups attached to an aromatic ring is 1. The van der Waals surface area contributed by atoms with Crippen molar-refractivity contribution in [2.75, 3.05) is 17.6 Å². The van der Waals surface area contributed by atoms with Crippen molar-refractivity contribution in [2.24, 2.45) is 0 Å². The fourth-order valence-corrected chi connectivity index (χ4v) is 2.09. The van der Waals surface area contributed by atoms with E-state index in [1.165, 1.54) is 11.3 Å². The van der Waals surface area contributed by atoms with Crippen LogP contribution < -0.4 is 16.4 Å². The molecule has 0 fully saturated rings. The second kappa shape index (κ2) is 9.82. The molecular weight excluding hydrogens is 397 g/mol. The molecule has 0 aliphatic carbocycles. The summed E-state index contributed by atoms with van der Waals surface area (Å²) in [7, 11) is 0. The Morgan fingerprint density at radius 2 is 1.85 bits per heavy atom. The van der Waals surface area contributed by atoms with E-state index in [-0.39, 0.29) is 12.5 Å². The molecule has 0 spiro atoms. The number of carboxylic acids is 1.